The SMILES string of the molecule is CC#N.O=C(C1CCN(c2ccncn2)CC1)N1CCN(S(=O)(=O)c2ccc(Br)cc2)CC1. The van der Waals surface area contributed by atoms with E-state index in [-0.39, 0.29) is 16.7 Å². The van der Waals surface area contributed by atoms with Crippen LogP contribution >= 0.6 is 15.9 Å². The van der Waals surface area contributed by atoms with Gasteiger partial charge in [0.15, 0.2) is 0 Å². The van der Waals surface area contributed by atoms with Crippen LogP contribution in [0.5, 0.6) is 0 Å². The molecular weight excluding hydrogens is 508 g/mol. The third-order valence-corrected chi connectivity index (χ3v) is 8.18. The maximum absolute atomic E-state index is 13.0. The van der Waals surface area contributed by atoms with Crippen molar-refractivity contribution in [3.8, 4) is 6.07 Å². The minimum Gasteiger partial charge on any atom is -0.356 e. The predicted molar refractivity (Wildman–Crippen MR) is 128 cm³/mol. The molecule has 11 heteroatoms. The molecule has 2 aromatic rings. The van der Waals surface area contributed by atoms with Crippen LogP contribution in [-0.4, -0.2) is 72.8 Å². The number of aromatic nitrogens is 2. The quantitative estimate of drug-likeness (QED) is 0.592. The molecule has 0 aliphatic carbocycles. The Morgan fingerprint density at radius 3 is 2.21 bits per heavy atom. The van der Waals surface area contributed by atoms with Crippen molar-refractivity contribution >= 4 is 37.7 Å². The van der Waals surface area contributed by atoms with Gasteiger partial charge in [-0.3, -0.25) is 4.79 Å². The van der Waals surface area contributed by atoms with Crippen LogP contribution < -0.4 is 4.90 Å². The fourth-order valence-corrected chi connectivity index (χ4v) is 5.68. The Labute approximate surface area is 203 Å². The molecule has 0 radical (unpaired) electrons. The number of piperidine rings is 1. The lowest BCUT2D eigenvalue weighted by atomic mass is 9.95. The highest BCUT2D eigenvalue weighted by Gasteiger charge is 2.34. The van der Waals surface area contributed by atoms with Crippen molar-refractivity contribution in [3.63, 3.8) is 0 Å². The number of piperazine rings is 1. The zero-order chi connectivity index (χ0) is 23.8. The molecule has 0 atom stereocenters. The molecular formula is C22H27BrN6O3S. The van der Waals surface area contributed by atoms with Gasteiger partial charge in [-0.2, -0.15) is 9.57 Å². The van der Waals surface area contributed by atoms with Crippen molar-refractivity contribution in [3.05, 3.63) is 47.3 Å². The zero-order valence-corrected chi connectivity index (χ0v) is 20.9. The number of rotatable bonds is 4. The van der Waals surface area contributed by atoms with E-state index in [9.17, 15) is 13.2 Å². The number of amides is 1. The molecule has 9 nitrogen and oxygen atoms in total. The Hall–Kier alpha value is -2.55. The molecule has 0 N–H and O–H groups in total. The molecule has 176 valence electrons. The maximum Gasteiger partial charge on any atom is 0.243 e. The number of hydrogen-bond donors (Lipinski definition) is 0. The smallest absolute Gasteiger partial charge is 0.243 e. The number of nitrogens with zero attached hydrogens (tertiary/aromatic N) is 6. The minimum absolute atomic E-state index is 0.0160. The Bertz CT molecular complexity index is 1060. The first-order valence-corrected chi connectivity index (χ1v) is 13.0. The molecule has 33 heavy (non-hydrogen) atoms. The van der Waals surface area contributed by atoms with Gasteiger partial charge in [0, 0.05) is 62.8 Å². The number of carbonyl (C=O) groups is 1. The third kappa shape index (κ3) is 6.28. The van der Waals surface area contributed by atoms with E-state index in [1.54, 1.807) is 36.5 Å². The van der Waals surface area contributed by atoms with Gasteiger partial charge in [0.05, 0.1) is 11.0 Å². The predicted octanol–water partition coefficient (Wildman–Crippen LogP) is 2.52. The van der Waals surface area contributed by atoms with E-state index in [1.165, 1.54) is 17.6 Å². The van der Waals surface area contributed by atoms with Gasteiger partial charge in [-0.1, -0.05) is 15.9 Å². The summed E-state index contributed by atoms with van der Waals surface area (Å²) in [5.74, 6) is 1.01. The molecule has 2 saturated heterocycles. The van der Waals surface area contributed by atoms with Crippen LogP contribution in [0, 0.1) is 17.2 Å². The molecule has 4 rings (SSSR count). The van der Waals surface area contributed by atoms with Gasteiger partial charge in [0.25, 0.3) is 0 Å². The van der Waals surface area contributed by atoms with Gasteiger partial charge < -0.3 is 9.80 Å². The number of nitriles is 1. The van der Waals surface area contributed by atoms with Crippen molar-refractivity contribution in [2.45, 2.75) is 24.7 Å². The standard InChI is InChI=1S/C20H24BrN5O3S.C2H3N/c21-17-1-3-18(4-2-17)30(28,29)26-13-11-25(12-14-26)20(27)16-6-9-24(10-7-16)19-5-8-22-15-23-19;1-2-3/h1-5,8,15-16H,6-7,9-14H2;1H3. The van der Waals surface area contributed by atoms with Crippen molar-refractivity contribution in [1.82, 2.24) is 19.2 Å². The summed E-state index contributed by atoms with van der Waals surface area (Å²) in [6.07, 6.45) is 4.82. The van der Waals surface area contributed by atoms with E-state index < -0.39 is 10.0 Å². The number of hydrogen-bond acceptors (Lipinski definition) is 7. The van der Waals surface area contributed by atoms with E-state index in [0.29, 0.717) is 26.2 Å². The molecule has 1 aromatic carbocycles. The number of sulfonamides is 1. The molecule has 0 bridgehead atoms. The van der Waals surface area contributed by atoms with Crippen LogP contribution in [0.2, 0.25) is 0 Å². The summed E-state index contributed by atoms with van der Waals surface area (Å²) in [7, 11) is -3.53. The highest BCUT2D eigenvalue weighted by Crippen LogP contribution is 2.25. The molecule has 3 heterocycles. The monoisotopic (exact) mass is 534 g/mol. The lowest BCUT2D eigenvalue weighted by Crippen LogP contribution is -2.52. The van der Waals surface area contributed by atoms with Crippen molar-refractivity contribution < 1.29 is 13.2 Å². The van der Waals surface area contributed by atoms with Crippen molar-refractivity contribution in [2.24, 2.45) is 5.92 Å². The van der Waals surface area contributed by atoms with Gasteiger partial charge in [0.1, 0.15) is 12.1 Å². The fraction of sp³-hybridized carbons (Fsp3) is 0.455. The van der Waals surface area contributed by atoms with Crippen LogP contribution in [0.1, 0.15) is 19.8 Å². The normalized spacial score (nSPS) is 17.6. The molecule has 0 unspecified atom stereocenters. The van der Waals surface area contributed by atoms with Gasteiger partial charge in [-0.05, 0) is 43.2 Å². The first-order valence-electron chi connectivity index (χ1n) is 10.7. The zero-order valence-electron chi connectivity index (χ0n) is 18.5. The van der Waals surface area contributed by atoms with E-state index in [0.717, 1.165) is 36.2 Å². The molecule has 0 saturated carbocycles. The highest BCUT2D eigenvalue weighted by molar-refractivity contribution is 9.10. The summed E-state index contributed by atoms with van der Waals surface area (Å²) in [5.41, 5.74) is 0. The summed E-state index contributed by atoms with van der Waals surface area (Å²) >= 11 is 3.32. The number of benzene rings is 1. The van der Waals surface area contributed by atoms with Gasteiger partial charge in [0.2, 0.25) is 15.9 Å². The minimum atomic E-state index is -3.53. The molecule has 1 amide bonds. The van der Waals surface area contributed by atoms with Crippen LogP contribution in [0.15, 0.2) is 52.2 Å². The third-order valence-electron chi connectivity index (χ3n) is 5.74. The van der Waals surface area contributed by atoms with E-state index in [1.807, 2.05) is 11.0 Å². The Kier molecular flexibility index (Phi) is 8.77. The lowest BCUT2D eigenvalue weighted by molar-refractivity contribution is -0.137. The average Bonchev–Trinajstić information content (AvgIpc) is 2.85. The molecule has 2 aliphatic rings. The number of halogens is 1. The first-order chi connectivity index (χ1) is 15.9. The second kappa shape index (κ2) is 11.5. The van der Waals surface area contributed by atoms with Gasteiger partial charge in [-0.25, -0.2) is 18.4 Å². The topological polar surface area (TPSA) is 110 Å². The van der Waals surface area contributed by atoms with Crippen LogP contribution in [0.25, 0.3) is 0 Å². The van der Waals surface area contributed by atoms with E-state index in [4.69, 9.17) is 5.26 Å². The van der Waals surface area contributed by atoms with Crippen LogP contribution in [0.4, 0.5) is 5.82 Å². The fourth-order valence-electron chi connectivity index (χ4n) is 3.99. The van der Waals surface area contributed by atoms with E-state index in [2.05, 4.69) is 30.8 Å². The van der Waals surface area contributed by atoms with Crippen LogP contribution in [0.3, 0.4) is 0 Å². The summed E-state index contributed by atoms with van der Waals surface area (Å²) in [6, 6.07) is 10.3. The molecule has 2 fully saturated rings. The summed E-state index contributed by atoms with van der Waals surface area (Å²) < 4.78 is 28.0. The molecule has 0 spiro atoms. The van der Waals surface area contributed by atoms with Crippen LogP contribution in [-0.2, 0) is 14.8 Å². The summed E-state index contributed by atoms with van der Waals surface area (Å²) in [4.78, 5) is 25.5. The van der Waals surface area contributed by atoms with Crippen molar-refractivity contribution in [1.29, 1.82) is 5.26 Å². The van der Waals surface area contributed by atoms with Crippen molar-refractivity contribution in [2.75, 3.05) is 44.2 Å². The lowest BCUT2D eigenvalue weighted by Gasteiger charge is -2.38. The van der Waals surface area contributed by atoms with Gasteiger partial charge in [-0.15, -0.1) is 0 Å². The summed E-state index contributed by atoms with van der Waals surface area (Å²) in [6.45, 7) is 4.51. The Morgan fingerprint density at radius 1 is 1.06 bits per heavy atom. The Balaban J connectivity index is 0.000000968. The summed E-state index contributed by atoms with van der Waals surface area (Å²) in [5, 5.41) is 7.32. The highest BCUT2D eigenvalue weighted by atomic mass is 79.9. The molecule has 1 aromatic heterocycles. The number of carbonyl (C=O) groups excluding carboxylic acids is 1. The Morgan fingerprint density at radius 2 is 1.67 bits per heavy atom. The first kappa shape index (κ1) is 25.1. The second-order valence-electron chi connectivity index (χ2n) is 7.74. The number of anilines is 1. The average molecular weight is 535 g/mol. The largest absolute Gasteiger partial charge is 0.356 e. The molecule has 2 aliphatic heterocycles. The van der Waals surface area contributed by atoms with E-state index >= 15 is 0 Å². The second-order valence-corrected chi connectivity index (χ2v) is 10.6. The maximum atomic E-state index is 13.0. The van der Waals surface area contributed by atoms with Gasteiger partial charge >= 0.3 is 0 Å².